The molecule has 0 atom stereocenters. The molecule has 26 heavy (non-hydrogen) atoms. The van der Waals surface area contributed by atoms with Crippen LogP contribution in [-0.2, 0) is 20.6 Å². The molecule has 1 amide bonds. The standard InChI is InChI=1S/C20H24N2O4/c1-20(2,3)26-19(23)22-16-9-5-4-7-14(16)13-17-15(8-6-10-21-17)18-24-11-12-25-18/h4-10,18H,11-13H2,1-3H3,(H,22,23). The van der Waals surface area contributed by atoms with Crippen LogP contribution in [0.15, 0.2) is 42.6 Å². The zero-order chi connectivity index (χ0) is 18.6. The second-order valence-electron chi connectivity index (χ2n) is 7.07. The van der Waals surface area contributed by atoms with Crippen molar-refractivity contribution in [3.8, 4) is 0 Å². The van der Waals surface area contributed by atoms with Crippen LogP contribution in [0, 0.1) is 0 Å². The molecular weight excluding hydrogens is 332 g/mol. The Morgan fingerprint density at radius 3 is 2.65 bits per heavy atom. The molecule has 1 saturated heterocycles. The highest BCUT2D eigenvalue weighted by Crippen LogP contribution is 2.28. The van der Waals surface area contributed by atoms with E-state index in [9.17, 15) is 4.79 Å². The van der Waals surface area contributed by atoms with Crippen LogP contribution in [0.1, 0.15) is 43.9 Å². The lowest BCUT2D eigenvalue weighted by molar-refractivity contribution is -0.0449. The van der Waals surface area contributed by atoms with Crippen LogP contribution < -0.4 is 5.32 Å². The van der Waals surface area contributed by atoms with Gasteiger partial charge in [0.1, 0.15) is 5.60 Å². The number of para-hydroxylation sites is 1. The average Bonchev–Trinajstić information content (AvgIpc) is 3.10. The highest BCUT2D eigenvalue weighted by atomic mass is 16.7. The lowest BCUT2D eigenvalue weighted by Gasteiger charge is -2.20. The van der Waals surface area contributed by atoms with Crippen molar-refractivity contribution in [3.63, 3.8) is 0 Å². The van der Waals surface area contributed by atoms with E-state index in [1.54, 1.807) is 6.20 Å². The molecule has 3 rings (SSSR count). The fraction of sp³-hybridized carbons (Fsp3) is 0.400. The first-order valence-electron chi connectivity index (χ1n) is 8.67. The minimum absolute atomic E-state index is 0.385. The molecule has 0 spiro atoms. The van der Waals surface area contributed by atoms with Crippen LogP contribution in [0.4, 0.5) is 10.5 Å². The maximum atomic E-state index is 12.1. The van der Waals surface area contributed by atoms with Gasteiger partial charge in [-0.25, -0.2) is 4.79 Å². The summed E-state index contributed by atoms with van der Waals surface area (Å²) in [6.45, 7) is 6.66. The number of carbonyl (C=O) groups is 1. The number of anilines is 1. The van der Waals surface area contributed by atoms with E-state index in [1.807, 2.05) is 57.2 Å². The second kappa shape index (κ2) is 7.85. The Hall–Kier alpha value is -2.44. The van der Waals surface area contributed by atoms with E-state index in [0.29, 0.717) is 25.3 Å². The summed E-state index contributed by atoms with van der Waals surface area (Å²) >= 11 is 0. The van der Waals surface area contributed by atoms with Gasteiger partial charge >= 0.3 is 6.09 Å². The summed E-state index contributed by atoms with van der Waals surface area (Å²) in [5, 5.41) is 2.82. The first-order chi connectivity index (χ1) is 12.4. The van der Waals surface area contributed by atoms with Crippen LogP contribution in [-0.4, -0.2) is 29.9 Å². The van der Waals surface area contributed by atoms with Gasteiger partial charge in [0, 0.05) is 23.9 Å². The molecule has 0 aliphatic carbocycles. The van der Waals surface area contributed by atoms with Gasteiger partial charge in [0.2, 0.25) is 0 Å². The molecule has 6 nitrogen and oxygen atoms in total. The summed E-state index contributed by atoms with van der Waals surface area (Å²) in [4.78, 5) is 16.6. The normalized spacial score (nSPS) is 15.0. The third kappa shape index (κ3) is 4.80. The fourth-order valence-corrected chi connectivity index (χ4v) is 2.74. The van der Waals surface area contributed by atoms with E-state index < -0.39 is 11.7 Å². The number of hydrogen-bond donors (Lipinski definition) is 1. The average molecular weight is 356 g/mol. The molecule has 0 unspecified atom stereocenters. The van der Waals surface area contributed by atoms with Crippen molar-refractivity contribution in [3.05, 3.63) is 59.4 Å². The zero-order valence-corrected chi connectivity index (χ0v) is 15.3. The van der Waals surface area contributed by atoms with Crippen molar-refractivity contribution in [1.82, 2.24) is 4.98 Å². The molecule has 1 fully saturated rings. The van der Waals surface area contributed by atoms with E-state index in [1.165, 1.54) is 0 Å². The SMILES string of the molecule is CC(C)(C)OC(=O)Nc1ccccc1Cc1ncccc1C1OCCO1. The summed E-state index contributed by atoms with van der Waals surface area (Å²) in [6, 6.07) is 11.4. The Morgan fingerprint density at radius 2 is 1.92 bits per heavy atom. The highest BCUT2D eigenvalue weighted by molar-refractivity contribution is 5.86. The summed E-state index contributed by atoms with van der Waals surface area (Å²) in [7, 11) is 0. The number of nitrogens with zero attached hydrogens (tertiary/aromatic N) is 1. The van der Waals surface area contributed by atoms with Crippen LogP contribution in [0.3, 0.4) is 0 Å². The van der Waals surface area contributed by atoms with Crippen LogP contribution in [0.2, 0.25) is 0 Å². The Labute approximate surface area is 153 Å². The van der Waals surface area contributed by atoms with Gasteiger partial charge in [-0.15, -0.1) is 0 Å². The topological polar surface area (TPSA) is 69.7 Å². The molecule has 2 heterocycles. The number of carbonyl (C=O) groups excluding carboxylic acids is 1. The predicted octanol–water partition coefficient (Wildman–Crippen LogP) is 4.06. The summed E-state index contributed by atoms with van der Waals surface area (Å²) in [5.74, 6) is 0. The van der Waals surface area contributed by atoms with E-state index in [0.717, 1.165) is 16.8 Å². The molecule has 0 radical (unpaired) electrons. The van der Waals surface area contributed by atoms with Crippen LogP contribution >= 0.6 is 0 Å². The van der Waals surface area contributed by atoms with Gasteiger partial charge in [-0.3, -0.25) is 10.3 Å². The van der Waals surface area contributed by atoms with Gasteiger partial charge in [-0.2, -0.15) is 0 Å². The summed E-state index contributed by atoms with van der Waals surface area (Å²) < 4.78 is 16.6. The Morgan fingerprint density at radius 1 is 1.19 bits per heavy atom. The largest absolute Gasteiger partial charge is 0.444 e. The first kappa shape index (κ1) is 18.4. The Balaban J connectivity index is 1.80. The number of pyridine rings is 1. The van der Waals surface area contributed by atoms with Crippen molar-refractivity contribution in [2.75, 3.05) is 18.5 Å². The number of rotatable bonds is 4. The van der Waals surface area contributed by atoms with Crippen molar-refractivity contribution in [1.29, 1.82) is 0 Å². The van der Waals surface area contributed by atoms with Crippen molar-refractivity contribution in [2.24, 2.45) is 0 Å². The fourth-order valence-electron chi connectivity index (χ4n) is 2.74. The van der Waals surface area contributed by atoms with Crippen LogP contribution in [0.25, 0.3) is 0 Å². The van der Waals surface area contributed by atoms with Gasteiger partial charge in [-0.05, 0) is 38.5 Å². The smallest absolute Gasteiger partial charge is 0.412 e. The minimum Gasteiger partial charge on any atom is -0.444 e. The quantitative estimate of drug-likeness (QED) is 0.894. The second-order valence-corrected chi connectivity index (χ2v) is 7.07. The monoisotopic (exact) mass is 356 g/mol. The lowest BCUT2D eigenvalue weighted by atomic mass is 10.0. The molecule has 1 aliphatic heterocycles. The first-order valence-corrected chi connectivity index (χ1v) is 8.67. The molecule has 1 aromatic carbocycles. The van der Waals surface area contributed by atoms with Gasteiger partial charge in [-0.1, -0.05) is 24.3 Å². The van der Waals surface area contributed by atoms with E-state index in [2.05, 4.69) is 10.3 Å². The third-order valence-corrected chi connectivity index (χ3v) is 3.81. The maximum absolute atomic E-state index is 12.1. The van der Waals surface area contributed by atoms with Crippen molar-refractivity contribution < 1.29 is 19.0 Å². The van der Waals surface area contributed by atoms with Gasteiger partial charge in [0.15, 0.2) is 6.29 Å². The molecule has 0 saturated carbocycles. The van der Waals surface area contributed by atoms with E-state index in [-0.39, 0.29) is 6.29 Å². The number of benzene rings is 1. The van der Waals surface area contributed by atoms with Gasteiger partial charge in [0.05, 0.1) is 18.9 Å². The lowest BCUT2D eigenvalue weighted by Crippen LogP contribution is -2.27. The number of aromatic nitrogens is 1. The Kier molecular flexibility index (Phi) is 5.54. The molecule has 2 aromatic rings. The number of amides is 1. The molecule has 1 aliphatic rings. The maximum Gasteiger partial charge on any atom is 0.412 e. The Bertz CT molecular complexity index is 764. The molecule has 0 bridgehead atoms. The molecule has 1 N–H and O–H groups in total. The van der Waals surface area contributed by atoms with Crippen molar-refractivity contribution in [2.45, 2.75) is 39.1 Å². The molecule has 138 valence electrons. The molecule has 6 heteroatoms. The number of nitrogens with one attached hydrogen (secondary N) is 1. The summed E-state index contributed by atoms with van der Waals surface area (Å²) in [6.07, 6.45) is 1.43. The summed E-state index contributed by atoms with van der Waals surface area (Å²) in [5.41, 5.74) is 2.86. The molecular formula is C20H24N2O4. The predicted molar refractivity (Wildman–Crippen MR) is 98.0 cm³/mol. The molecule has 1 aromatic heterocycles. The minimum atomic E-state index is -0.551. The van der Waals surface area contributed by atoms with Gasteiger partial charge in [0.25, 0.3) is 0 Å². The van der Waals surface area contributed by atoms with E-state index in [4.69, 9.17) is 14.2 Å². The van der Waals surface area contributed by atoms with E-state index >= 15 is 0 Å². The van der Waals surface area contributed by atoms with Crippen molar-refractivity contribution >= 4 is 11.8 Å². The number of ether oxygens (including phenoxy) is 3. The van der Waals surface area contributed by atoms with Crippen LogP contribution in [0.5, 0.6) is 0 Å². The van der Waals surface area contributed by atoms with Gasteiger partial charge < -0.3 is 14.2 Å². The third-order valence-electron chi connectivity index (χ3n) is 3.81. The number of hydrogen-bond acceptors (Lipinski definition) is 5. The highest BCUT2D eigenvalue weighted by Gasteiger charge is 2.23. The zero-order valence-electron chi connectivity index (χ0n) is 15.3.